The van der Waals surface area contributed by atoms with Gasteiger partial charge in [0, 0.05) is 0 Å². The van der Waals surface area contributed by atoms with Gasteiger partial charge in [-0.15, -0.1) is 12.4 Å². The van der Waals surface area contributed by atoms with Crippen LogP contribution in [0.15, 0.2) is 18.2 Å². The highest BCUT2D eigenvalue weighted by molar-refractivity contribution is 5.85. The van der Waals surface area contributed by atoms with E-state index in [1.54, 1.807) is 0 Å². The standard InChI is InChI=1S/C11H14FNO.ClH/c12-10-7-9(1-2-11(10)14)8-3-5-13-6-4-8;/h1-2,7-8,13-14H,3-6H2;1H. The monoisotopic (exact) mass is 231 g/mol. The summed E-state index contributed by atoms with van der Waals surface area (Å²) in [5.41, 5.74) is 1.00. The largest absolute Gasteiger partial charge is 0.505 e. The lowest BCUT2D eigenvalue weighted by Gasteiger charge is -2.22. The van der Waals surface area contributed by atoms with Crippen LogP contribution in [0.2, 0.25) is 0 Å². The molecule has 0 atom stereocenters. The van der Waals surface area contributed by atoms with E-state index >= 15 is 0 Å². The molecule has 1 aromatic carbocycles. The Balaban J connectivity index is 0.00000112. The second kappa shape index (κ2) is 5.33. The van der Waals surface area contributed by atoms with Gasteiger partial charge >= 0.3 is 0 Å². The summed E-state index contributed by atoms with van der Waals surface area (Å²) in [6.45, 7) is 1.99. The van der Waals surface area contributed by atoms with E-state index in [1.165, 1.54) is 12.1 Å². The zero-order valence-electron chi connectivity index (χ0n) is 8.37. The van der Waals surface area contributed by atoms with Crippen LogP contribution in [0.5, 0.6) is 5.75 Å². The maximum atomic E-state index is 13.1. The van der Waals surface area contributed by atoms with Gasteiger partial charge in [0.2, 0.25) is 0 Å². The van der Waals surface area contributed by atoms with Crippen LogP contribution in [0.25, 0.3) is 0 Å². The number of phenolic OH excluding ortho intramolecular Hbond substituents is 1. The fourth-order valence-electron chi connectivity index (χ4n) is 1.93. The lowest BCUT2D eigenvalue weighted by atomic mass is 9.90. The molecular formula is C11H15ClFNO. The Bertz CT molecular complexity index is 326. The first-order valence-electron chi connectivity index (χ1n) is 4.96. The first-order chi connectivity index (χ1) is 6.77. The molecule has 1 aromatic rings. The molecule has 2 rings (SSSR count). The van der Waals surface area contributed by atoms with E-state index in [2.05, 4.69) is 5.32 Å². The van der Waals surface area contributed by atoms with Gasteiger partial charge in [-0.2, -0.15) is 0 Å². The lowest BCUT2D eigenvalue weighted by molar-refractivity contribution is 0.426. The average Bonchev–Trinajstić information content (AvgIpc) is 2.23. The van der Waals surface area contributed by atoms with Crippen LogP contribution in [0.3, 0.4) is 0 Å². The number of halogens is 2. The third-order valence-corrected chi connectivity index (χ3v) is 2.78. The molecule has 1 aliphatic rings. The molecule has 0 saturated carbocycles. The Hall–Kier alpha value is -0.800. The number of phenols is 1. The van der Waals surface area contributed by atoms with Crippen LogP contribution in [-0.4, -0.2) is 18.2 Å². The van der Waals surface area contributed by atoms with Crippen molar-refractivity contribution < 1.29 is 9.50 Å². The quantitative estimate of drug-likeness (QED) is 0.778. The molecule has 1 heterocycles. The van der Waals surface area contributed by atoms with Crippen LogP contribution in [-0.2, 0) is 0 Å². The smallest absolute Gasteiger partial charge is 0.165 e. The molecule has 0 aromatic heterocycles. The molecule has 0 spiro atoms. The van der Waals surface area contributed by atoms with Crippen LogP contribution in [0.4, 0.5) is 4.39 Å². The molecule has 0 unspecified atom stereocenters. The summed E-state index contributed by atoms with van der Waals surface area (Å²) in [5, 5.41) is 12.3. The molecule has 2 N–H and O–H groups in total. The summed E-state index contributed by atoms with van der Waals surface area (Å²) in [4.78, 5) is 0. The van der Waals surface area contributed by atoms with Crippen molar-refractivity contribution >= 4 is 12.4 Å². The Morgan fingerprint density at radius 2 is 1.93 bits per heavy atom. The first-order valence-corrected chi connectivity index (χ1v) is 4.96. The maximum absolute atomic E-state index is 13.1. The fourth-order valence-corrected chi connectivity index (χ4v) is 1.93. The van der Waals surface area contributed by atoms with Crippen molar-refractivity contribution in [3.8, 4) is 5.75 Å². The fraction of sp³-hybridized carbons (Fsp3) is 0.455. The highest BCUT2D eigenvalue weighted by atomic mass is 35.5. The molecule has 0 radical (unpaired) electrons. The zero-order valence-corrected chi connectivity index (χ0v) is 9.19. The normalized spacial score (nSPS) is 17.1. The van der Waals surface area contributed by atoms with Gasteiger partial charge in [-0.05, 0) is 49.5 Å². The Morgan fingerprint density at radius 1 is 1.27 bits per heavy atom. The van der Waals surface area contributed by atoms with Crippen molar-refractivity contribution in [2.24, 2.45) is 0 Å². The molecule has 1 fully saturated rings. The molecule has 2 nitrogen and oxygen atoms in total. The highest BCUT2D eigenvalue weighted by Gasteiger charge is 2.16. The molecule has 1 saturated heterocycles. The molecule has 0 bridgehead atoms. The molecular weight excluding hydrogens is 217 g/mol. The average molecular weight is 232 g/mol. The van der Waals surface area contributed by atoms with Gasteiger partial charge in [-0.1, -0.05) is 6.07 Å². The van der Waals surface area contributed by atoms with Crippen molar-refractivity contribution in [3.63, 3.8) is 0 Å². The van der Waals surface area contributed by atoms with Gasteiger partial charge in [-0.25, -0.2) is 4.39 Å². The van der Waals surface area contributed by atoms with E-state index in [0.717, 1.165) is 31.5 Å². The van der Waals surface area contributed by atoms with Crippen LogP contribution < -0.4 is 5.32 Å². The van der Waals surface area contributed by atoms with Gasteiger partial charge in [0.05, 0.1) is 0 Å². The van der Waals surface area contributed by atoms with Gasteiger partial charge in [0.1, 0.15) is 0 Å². The predicted molar refractivity (Wildman–Crippen MR) is 60.2 cm³/mol. The number of piperidine rings is 1. The third kappa shape index (κ3) is 2.83. The summed E-state index contributed by atoms with van der Waals surface area (Å²) in [6, 6.07) is 4.70. The number of rotatable bonds is 1. The van der Waals surface area contributed by atoms with E-state index in [9.17, 15) is 4.39 Å². The highest BCUT2D eigenvalue weighted by Crippen LogP contribution is 2.27. The number of hydrogen-bond donors (Lipinski definition) is 2. The molecule has 0 aliphatic carbocycles. The van der Waals surface area contributed by atoms with Crippen molar-refractivity contribution in [1.82, 2.24) is 5.32 Å². The van der Waals surface area contributed by atoms with Crippen molar-refractivity contribution in [2.75, 3.05) is 13.1 Å². The summed E-state index contributed by atoms with van der Waals surface area (Å²) in [7, 11) is 0. The van der Waals surface area contributed by atoms with E-state index in [-0.39, 0.29) is 18.2 Å². The van der Waals surface area contributed by atoms with Crippen molar-refractivity contribution in [2.45, 2.75) is 18.8 Å². The predicted octanol–water partition coefficient (Wildman–Crippen LogP) is 2.42. The summed E-state index contributed by atoms with van der Waals surface area (Å²) in [5.74, 6) is -0.338. The SMILES string of the molecule is Cl.Oc1ccc(C2CCNCC2)cc1F. The Morgan fingerprint density at radius 3 is 2.53 bits per heavy atom. The number of nitrogens with one attached hydrogen (secondary N) is 1. The van der Waals surface area contributed by atoms with Gasteiger partial charge in [0.15, 0.2) is 11.6 Å². The van der Waals surface area contributed by atoms with Crippen LogP contribution >= 0.6 is 12.4 Å². The van der Waals surface area contributed by atoms with E-state index in [1.807, 2.05) is 6.07 Å². The second-order valence-corrected chi connectivity index (χ2v) is 3.74. The topological polar surface area (TPSA) is 32.3 Å². The first kappa shape index (κ1) is 12.3. The Kier molecular flexibility index (Phi) is 4.36. The summed E-state index contributed by atoms with van der Waals surface area (Å²) < 4.78 is 13.1. The van der Waals surface area contributed by atoms with Crippen molar-refractivity contribution in [1.29, 1.82) is 0 Å². The summed E-state index contributed by atoms with van der Waals surface area (Å²) in [6.07, 6.45) is 2.09. The minimum Gasteiger partial charge on any atom is -0.505 e. The Labute approximate surface area is 94.9 Å². The zero-order chi connectivity index (χ0) is 9.97. The summed E-state index contributed by atoms with van der Waals surface area (Å²) >= 11 is 0. The second-order valence-electron chi connectivity index (χ2n) is 3.74. The van der Waals surface area contributed by atoms with E-state index < -0.39 is 5.82 Å². The molecule has 84 valence electrons. The van der Waals surface area contributed by atoms with Crippen molar-refractivity contribution in [3.05, 3.63) is 29.6 Å². The molecule has 4 heteroatoms. The minimum absolute atomic E-state index is 0. The number of hydrogen-bond acceptors (Lipinski definition) is 2. The molecule has 15 heavy (non-hydrogen) atoms. The van der Waals surface area contributed by atoms with E-state index in [0.29, 0.717) is 5.92 Å². The lowest BCUT2D eigenvalue weighted by Crippen LogP contribution is -2.26. The minimum atomic E-state index is -0.513. The number of benzene rings is 1. The maximum Gasteiger partial charge on any atom is 0.165 e. The van der Waals surface area contributed by atoms with E-state index in [4.69, 9.17) is 5.11 Å². The van der Waals surface area contributed by atoms with Gasteiger partial charge in [0.25, 0.3) is 0 Å². The van der Waals surface area contributed by atoms with Crippen LogP contribution in [0, 0.1) is 5.82 Å². The van der Waals surface area contributed by atoms with Crippen LogP contribution in [0.1, 0.15) is 24.3 Å². The van der Waals surface area contributed by atoms with Gasteiger partial charge < -0.3 is 10.4 Å². The van der Waals surface area contributed by atoms with Gasteiger partial charge in [-0.3, -0.25) is 0 Å². The third-order valence-electron chi connectivity index (χ3n) is 2.78. The molecule has 0 amide bonds. The number of aromatic hydroxyl groups is 1. The molecule has 1 aliphatic heterocycles.